The molecule has 3 N–H and O–H groups in total. The van der Waals surface area contributed by atoms with Gasteiger partial charge in [0.1, 0.15) is 5.75 Å². The summed E-state index contributed by atoms with van der Waals surface area (Å²) in [6.45, 7) is 2.64. The van der Waals surface area contributed by atoms with Gasteiger partial charge in [-0.25, -0.2) is 0 Å². The molecule has 0 saturated heterocycles. The maximum Gasteiger partial charge on any atom is 0.243 e. The van der Waals surface area contributed by atoms with Crippen molar-refractivity contribution in [3.05, 3.63) is 23.8 Å². The number of hydrogen-bond donors (Lipinski definition) is 3. The van der Waals surface area contributed by atoms with Gasteiger partial charge in [0.05, 0.1) is 39.0 Å². The Labute approximate surface area is 159 Å². The Hall–Kier alpha value is -2.65. The quantitative estimate of drug-likeness (QED) is 0.457. The Balaban J connectivity index is 2.36. The first-order valence-electron chi connectivity index (χ1n) is 8.51. The summed E-state index contributed by atoms with van der Waals surface area (Å²) in [5.74, 6) is -0.383. The highest BCUT2D eigenvalue weighted by Crippen LogP contribution is 2.24. The van der Waals surface area contributed by atoms with Gasteiger partial charge in [0.15, 0.2) is 0 Å². The van der Waals surface area contributed by atoms with Gasteiger partial charge >= 0.3 is 0 Å². The molecule has 0 aliphatic heterocycles. The first-order valence-corrected chi connectivity index (χ1v) is 8.51. The van der Waals surface area contributed by atoms with Crippen LogP contribution in [0.25, 0.3) is 0 Å². The third-order valence-electron chi connectivity index (χ3n) is 3.53. The van der Waals surface area contributed by atoms with Crippen molar-refractivity contribution in [2.45, 2.75) is 6.92 Å². The Bertz CT molecular complexity index is 651. The average Bonchev–Trinajstić information content (AvgIpc) is 2.60. The number of methoxy groups -OCH3 is 2. The number of likely N-dealkylation sites (N-methyl/N-ethyl adjacent to an activating group) is 1. The molecule has 0 unspecified atom stereocenters. The van der Waals surface area contributed by atoms with Crippen LogP contribution in [0.4, 0.5) is 5.69 Å². The van der Waals surface area contributed by atoms with Gasteiger partial charge in [0, 0.05) is 13.7 Å². The number of rotatable bonds is 11. The van der Waals surface area contributed by atoms with Crippen LogP contribution in [0.15, 0.2) is 18.2 Å². The van der Waals surface area contributed by atoms with Crippen LogP contribution < -0.4 is 20.7 Å². The van der Waals surface area contributed by atoms with Gasteiger partial charge in [0.2, 0.25) is 17.7 Å². The molecule has 1 aromatic carbocycles. The number of amides is 3. The largest absolute Gasteiger partial charge is 0.495 e. The molecule has 9 heteroatoms. The third kappa shape index (κ3) is 9.02. The highest BCUT2D eigenvalue weighted by Gasteiger charge is 2.12. The zero-order valence-electron chi connectivity index (χ0n) is 16.3. The lowest BCUT2D eigenvalue weighted by atomic mass is 10.2. The molecule has 0 aromatic heterocycles. The standard InChI is InChI=1S/C18H28N4O5/c1-13-5-6-15(27-4)14(9-13)21-16(23)10-20-18(25)12-22(2)11-17(24)19-7-8-26-3/h5-6,9H,7-8,10-12H2,1-4H3,(H,19,24)(H,20,25)(H,21,23). The van der Waals surface area contributed by atoms with E-state index in [9.17, 15) is 14.4 Å². The highest BCUT2D eigenvalue weighted by atomic mass is 16.5. The molecule has 0 aliphatic carbocycles. The van der Waals surface area contributed by atoms with Crippen molar-refractivity contribution in [2.75, 3.05) is 59.4 Å². The van der Waals surface area contributed by atoms with E-state index in [0.717, 1.165) is 5.56 Å². The van der Waals surface area contributed by atoms with E-state index in [1.807, 2.05) is 13.0 Å². The van der Waals surface area contributed by atoms with Crippen molar-refractivity contribution in [2.24, 2.45) is 0 Å². The fourth-order valence-corrected chi connectivity index (χ4v) is 2.24. The molecule has 1 rings (SSSR count). The van der Waals surface area contributed by atoms with Crippen LogP contribution in [0.3, 0.4) is 0 Å². The minimum absolute atomic E-state index is 0.00125. The van der Waals surface area contributed by atoms with Crippen LogP contribution in [0.1, 0.15) is 5.56 Å². The van der Waals surface area contributed by atoms with Gasteiger partial charge in [0.25, 0.3) is 0 Å². The van der Waals surface area contributed by atoms with Gasteiger partial charge in [-0.05, 0) is 31.7 Å². The molecule has 0 atom stereocenters. The van der Waals surface area contributed by atoms with Crippen molar-refractivity contribution in [1.29, 1.82) is 0 Å². The molecule has 0 saturated carbocycles. The lowest BCUT2D eigenvalue weighted by Crippen LogP contribution is -2.43. The summed E-state index contributed by atoms with van der Waals surface area (Å²) >= 11 is 0. The molecule has 0 radical (unpaired) electrons. The van der Waals surface area contributed by atoms with Crippen molar-refractivity contribution in [1.82, 2.24) is 15.5 Å². The molecule has 1 aromatic rings. The van der Waals surface area contributed by atoms with Crippen LogP contribution in [-0.2, 0) is 19.1 Å². The van der Waals surface area contributed by atoms with Gasteiger partial charge in [-0.15, -0.1) is 0 Å². The van der Waals surface area contributed by atoms with Crippen molar-refractivity contribution >= 4 is 23.4 Å². The second-order valence-corrected chi connectivity index (χ2v) is 6.04. The number of nitrogens with one attached hydrogen (secondary N) is 3. The summed E-state index contributed by atoms with van der Waals surface area (Å²) in [4.78, 5) is 37.2. The van der Waals surface area contributed by atoms with Crippen molar-refractivity contribution in [3.8, 4) is 5.75 Å². The van der Waals surface area contributed by atoms with Gasteiger partial charge < -0.3 is 25.4 Å². The van der Waals surface area contributed by atoms with Crippen LogP contribution in [0, 0.1) is 6.92 Å². The molecular formula is C18H28N4O5. The van der Waals surface area contributed by atoms with E-state index in [0.29, 0.717) is 24.6 Å². The second kappa shape index (κ2) is 11.9. The summed E-state index contributed by atoms with van der Waals surface area (Å²) in [6.07, 6.45) is 0. The number of hydrogen-bond acceptors (Lipinski definition) is 6. The van der Waals surface area contributed by atoms with Crippen LogP contribution in [-0.4, -0.2) is 76.7 Å². The zero-order chi connectivity index (χ0) is 20.2. The Morgan fingerprint density at radius 2 is 1.70 bits per heavy atom. The predicted octanol–water partition coefficient (Wildman–Crippen LogP) is -0.247. The molecule has 0 bridgehead atoms. The van der Waals surface area contributed by atoms with E-state index in [1.165, 1.54) is 7.11 Å². The number of carbonyl (C=O) groups is 3. The smallest absolute Gasteiger partial charge is 0.243 e. The molecule has 150 valence electrons. The van der Waals surface area contributed by atoms with E-state index in [-0.39, 0.29) is 37.4 Å². The maximum absolute atomic E-state index is 12.0. The molecule has 0 heterocycles. The van der Waals surface area contributed by atoms with E-state index >= 15 is 0 Å². The lowest BCUT2D eigenvalue weighted by Gasteiger charge is -2.16. The van der Waals surface area contributed by atoms with Crippen molar-refractivity contribution < 1.29 is 23.9 Å². The number of carbonyl (C=O) groups excluding carboxylic acids is 3. The summed E-state index contributed by atoms with van der Waals surface area (Å²) < 4.78 is 10.0. The van der Waals surface area contributed by atoms with E-state index < -0.39 is 0 Å². The molecule has 3 amide bonds. The molecule has 27 heavy (non-hydrogen) atoms. The second-order valence-electron chi connectivity index (χ2n) is 6.04. The van der Waals surface area contributed by atoms with Gasteiger partial charge in [-0.3, -0.25) is 19.3 Å². The topological polar surface area (TPSA) is 109 Å². The van der Waals surface area contributed by atoms with Gasteiger partial charge in [-0.1, -0.05) is 6.07 Å². The van der Waals surface area contributed by atoms with Gasteiger partial charge in [-0.2, -0.15) is 0 Å². The number of benzene rings is 1. The third-order valence-corrected chi connectivity index (χ3v) is 3.53. The number of ether oxygens (including phenoxy) is 2. The Morgan fingerprint density at radius 3 is 2.33 bits per heavy atom. The Morgan fingerprint density at radius 1 is 1.04 bits per heavy atom. The fourth-order valence-electron chi connectivity index (χ4n) is 2.24. The van der Waals surface area contributed by atoms with E-state index in [4.69, 9.17) is 9.47 Å². The summed E-state index contributed by atoms with van der Waals surface area (Å²) in [5.41, 5.74) is 1.52. The minimum atomic E-state index is -0.368. The SMILES string of the molecule is COCCNC(=O)CN(C)CC(=O)NCC(=O)Nc1cc(C)ccc1OC. The van der Waals surface area contributed by atoms with Crippen LogP contribution in [0.5, 0.6) is 5.75 Å². The molecule has 0 aliphatic rings. The minimum Gasteiger partial charge on any atom is -0.495 e. The number of aryl methyl sites for hydroxylation is 1. The normalized spacial score (nSPS) is 10.4. The monoisotopic (exact) mass is 380 g/mol. The molecule has 9 nitrogen and oxygen atoms in total. The fraction of sp³-hybridized carbons (Fsp3) is 0.500. The summed E-state index contributed by atoms with van der Waals surface area (Å²) in [6, 6.07) is 5.42. The first-order chi connectivity index (χ1) is 12.8. The lowest BCUT2D eigenvalue weighted by molar-refractivity contribution is -0.126. The Kier molecular flexibility index (Phi) is 9.84. The maximum atomic E-state index is 12.0. The average molecular weight is 380 g/mol. The van der Waals surface area contributed by atoms with Crippen molar-refractivity contribution in [3.63, 3.8) is 0 Å². The number of nitrogens with zero attached hydrogens (tertiary/aromatic N) is 1. The molecule has 0 fully saturated rings. The van der Waals surface area contributed by atoms with E-state index in [1.54, 1.807) is 31.2 Å². The van der Waals surface area contributed by atoms with Crippen LogP contribution in [0.2, 0.25) is 0 Å². The summed E-state index contributed by atoms with van der Waals surface area (Å²) in [5, 5.41) is 7.90. The number of anilines is 1. The summed E-state index contributed by atoms with van der Waals surface area (Å²) in [7, 11) is 4.71. The predicted molar refractivity (Wildman–Crippen MR) is 102 cm³/mol. The first kappa shape index (κ1) is 22.4. The molecule has 0 spiro atoms. The molecular weight excluding hydrogens is 352 g/mol. The van der Waals surface area contributed by atoms with E-state index in [2.05, 4.69) is 16.0 Å². The van der Waals surface area contributed by atoms with Crippen LogP contribution >= 0.6 is 0 Å². The highest BCUT2D eigenvalue weighted by molar-refractivity contribution is 5.96. The zero-order valence-corrected chi connectivity index (χ0v) is 16.3.